The number of likely N-dealkylation sites (N-methyl/N-ethyl adjacent to an activating group) is 1. The van der Waals surface area contributed by atoms with Crippen molar-refractivity contribution < 1.29 is 9.21 Å². The molecular weight excluding hydrogens is 364 g/mol. The highest BCUT2D eigenvalue weighted by Crippen LogP contribution is 2.24. The van der Waals surface area contributed by atoms with Gasteiger partial charge in [-0.15, -0.1) is 10.2 Å². The molecule has 3 rings (SSSR count). The second-order valence-corrected chi connectivity index (χ2v) is 7.14. The number of carbonyl (C=O) groups excluding carboxylic acids is 1. The minimum absolute atomic E-state index is 0.0819. The SMILES string of the molecule is CCN(CC)C(C)CNC(=O)c1ccc(-c2nnc(-c3cccc(C)c3)o2)cc1. The molecule has 1 N–H and O–H groups in total. The van der Waals surface area contributed by atoms with Crippen LogP contribution < -0.4 is 5.32 Å². The molecule has 6 heteroatoms. The van der Waals surface area contributed by atoms with Crippen molar-refractivity contribution >= 4 is 5.91 Å². The van der Waals surface area contributed by atoms with Crippen LogP contribution in [0.15, 0.2) is 52.9 Å². The predicted octanol–water partition coefficient (Wildman–Crippen LogP) is 4.17. The zero-order valence-corrected chi connectivity index (χ0v) is 17.5. The van der Waals surface area contributed by atoms with Gasteiger partial charge in [-0.1, -0.05) is 31.5 Å². The Morgan fingerprint density at radius 2 is 1.69 bits per heavy atom. The van der Waals surface area contributed by atoms with E-state index in [0.29, 0.717) is 29.9 Å². The molecule has 0 fully saturated rings. The van der Waals surface area contributed by atoms with Crippen LogP contribution in [0.5, 0.6) is 0 Å². The van der Waals surface area contributed by atoms with Gasteiger partial charge in [-0.3, -0.25) is 9.69 Å². The maximum atomic E-state index is 12.4. The first kappa shape index (κ1) is 20.7. The summed E-state index contributed by atoms with van der Waals surface area (Å²) in [6.07, 6.45) is 0. The molecule has 1 atom stereocenters. The standard InChI is InChI=1S/C23H28N4O2/c1-5-27(6-2)17(4)15-24-21(28)18-10-12-19(13-11-18)22-25-26-23(29-22)20-9-7-8-16(3)14-20/h7-14,17H,5-6,15H2,1-4H3,(H,24,28). The maximum Gasteiger partial charge on any atom is 0.251 e. The average molecular weight is 393 g/mol. The largest absolute Gasteiger partial charge is 0.416 e. The van der Waals surface area contributed by atoms with E-state index >= 15 is 0 Å². The van der Waals surface area contributed by atoms with Gasteiger partial charge in [-0.05, 0) is 63.3 Å². The van der Waals surface area contributed by atoms with Crippen molar-refractivity contribution in [1.29, 1.82) is 0 Å². The monoisotopic (exact) mass is 392 g/mol. The van der Waals surface area contributed by atoms with E-state index in [1.54, 1.807) is 12.1 Å². The summed E-state index contributed by atoms with van der Waals surface area (Å²) in [7, 11) is 0. The van der Waals surface area contributed by atoms with Gasteiger partial charge in [0.15, 0.2) is 0 Å². The number of nitrogens with zero attached hydrogens (tertiary/aromatic N) is 3. The lowest BCUT2D eigenvalue weighted by Gasteiger charge is -2.26. The summed E-state index contributed by atoms with van der Waals surface area (Å²) >= 11 is 0. The van der Waals surface area contributed by atoms with Crippen LogP contribution in [-0.4, -0.2) is 46.7 Å². The molecule has 6 nitrogen and oxygen atoms in total. The Morgan fingerprint density at radius 1 is 1.03 bits per heavy atom. The van der Waals surface area contributed by atoms with E-state index < -0.39 is 0 Å². The lowest BCUT2D eigenvalue weighted by atomic mass is 10.1. The van der Waals surface area contributed by atoms with Crippen LogP contribution >= 0.6 is 0 Å². The Labute approximate surface area is 172 Å². The number of rotatable bonds is 8. The van der Waals surface area contributed by atoms with E-state index in [1.807, 2.05) is 43.3 Å². The summed E-state index contributed by atoms with van der Waals surface area (Å²) < 4.78 is 5.81. The molecule has 2 aromatic carbocycles. The smallest absolute Gasteiger partial charge is 0.251 e. The van der Waals surface area contributed by atoms with Crippen LogP contribution in [0.1, 0.15) is 36.7 Å². The average Bonchev–Trinajstić information content (AvgIpc) is 3.23. The van der Waals surface area contributed by atoms with Crippen LogP contribution in [0.4, 0.5) is 0 Å². The van der Waals surface area contributed by atoms with Gasteiger partial charge >= 0.3 is 0 Å². The predicted molar refractivity (Wildman–Crippen MR) is 115 cm³/mol. The Balaban J connectivity index is 1.65. The molecule has 152 valence electrons. The molecule has 0 bridgehead atoms. The van der Waals surface area contributed by atoms with E-state index in [9.17, 15) is 4.79 Å². The molecule has 1 unspecified atom stereocenters. The molecule has 1 amide bonds. The fourth-order valence-corrected chi connectivity index (χ4v) is 3.32. The molecular formula is C23H28N4O2. The quantitative estimate of drug-likeness (QED) is 0.623. The Kier molecular flexibility index (Phi) is 6.77. The topological polar surface area (TPSA) is 71.3 Å². The van der Waals surface area contributed by atoms with Gasteiger partial charge < -0.3 is 9.73 Å². The number of hydrogen-bond donors (Lipinski definition) is 1. The van der Waals surface area contributed by atoms with Gasteiger partial charge in [0.05, 0.1) is 0 Å². The zero-order valence-electron chi connectivity index (χ0n) is 17.5. The third-order valence-electron chi connectivity index (χ3n) is 5.08. The molecule has 0 radical (unpaired) electrons. The first-order valence-electron chi connectivity index (χ1n) is 10.0. The molecule has 0 saturated carbocycles. The van der Waals surface area contributed by atoms with E-state index in [0.717, 1.165) is 29.8 Å². The van der Waals surface area contributed by atoms with Crippen LogP contribution in [0, 0.1) is 6.92 Å². The number of aryl methyl sites for hydroxylation is 1. The summed E-state index contributed by atoms with van der Waals surface area (Å²) in [4.78, 5) is 14.7. The zero-order chi connectivity index (χ0) is 20.8. The van der Waals surface area contributed by atoms with Gasteiger partial charge in [0.2, 0.25) is 11.8 Å². The number of nitrogens with one attached hydrogen (secondary N) is 1. The number of aromatic nitrogens is 2. The molecule has 0 saturated heterocycles. The first-order valence-corrected chi connectivity index (χ1v) is 10.0. The summed E-state index contributed by atoms with van der Waals surface area (Å²) in [6, 6.07) is 15.4. The van der Waals surface area contributed by atoms with E-state index in [-0.39, 0.29) is 5.91 Å². The molecule has 1 heterocycles. The van der Waals surface area contributed by atoms with Crippen molar-refractivity contribution in [2.24, 2.45) is 0 Å². The molecule has 0 aliphatic rings. The molecule has 0 aliphatic heterocycles. The van der Waals surface area contributed by atoms with E-state index in [1.165, 1.54) is 0 Å². The Hall–Kier alpha value is -2.99. The van der Waals surface area contributed by atoms with Gasteiger partial charge in [0.1, 0.15) is 0 Å². The van der Waals surface area contributed by atoms with Gasteiger partial charge in [0, 0.05) is 29.3 Å². The second-order valence-electron chi connectivity index (χ2n) is 7.14. The summed E-state index contributed by atoms with van der Waals surface area (Å²) in [6.45, 7) is 11.0. The van der Waals surface area contributed by atoms with Gasteiger partial charge in [0.25, 0.3) is 5.91 Å². The first-order chi connectivity index (χ1) is 14.0. The number of amides is 1. The lowest BCUT2D eigenvalue weighted by molar-refractivity contribution is 0.0938. The van der Waals surface area contributed by atoms with Crippen molar-refractivity contribution in [3.63, 3.8) is 0 Å². The van der Waals surface area contributed by atoms with Gasteiger partial charge in [-0.25, -0.2) is 0 Å². The molecule has 0 spiro atoms. The highest BCUT2D eigenvalue weighted by atomic mass is 16.4. The van der Waals surface area contributed by atoms with Crippen LogP contribution in [0.25, 0.3) is 22.9 Å². The highest BCUT2D eigenvalue weighted by Gasteiger charge is 2.14. The Bertz CT molecular complexity index is 946. The molecule has 1 aromatic heterocycles. The lowest BCUT2D eigenvalue weighted by Crippen LogP contribution is -2.41. The van der Waals surface area contributed by atoms with Crippen molar-refractivity contribution in [2.75, 3.05) is 19.6 Å². The fraction of sp³-hybridized carbons (Fsp3) is 0.348. The second kappa shape index (κ2) is 9.47. The van der Waals surface area contributed by atoms with Crippen molar-refractivity contribution in [3.8, 4) is 22.9 Å². The molecule has 3 aromatic rings. The third-order valence-corrected chi connectivity index (χ3v) is 5.08. The molecule has 0 aliphatic carbocycles. The van der Waals surface area contributed by atoms with Crippen LogP contribution in [-0.2, 0) is 0 Å². The fourth-order valence-electron chi connectivity index (χ4n) is 3.32. The van der Waals surface area contributed by atoms with E-state index in [4.69, 9.17) is 4.42 Å². The minimum Gasteiger partial charge on any atom is -0.416 e. The third kappa shape index (κ3) is 5.09. The van der Waals surface area contributed by atoms with Crippen molar-refractivity contribution in [2.45, 2.75) is 33.7 Å². The summed E-state index contributed by atoms with van der Waals surface area (Å²) in [5, 5.41) is 11.3. The summed E-state index contributed by atoms with van der Waals surface area (Å²) in [5.41, 5.74) is 3.42. The summed E-state index contributed by atoms with van der Waals surface area (Å²) in [5.74, 6) is 0.834. The normalized spacial score (nSPS) is 12.2. The van der Waals surface area contributed by atoms with Crippen molar-refractivity contribution in [3.05, 3.63) is 59.7 Å². The van der Waals surface area contributed by atoms with Gasteiger partial charge in [-0.2, -0.15) is 0 Å². The molecule has 29 heavy (non-hydrogen) atoms. The number of carbonyl (C=O) groups is 1. The Morgan fingerprint density at radius 3 is 2.31 bits per heavy atom. The van der Waals surface area contributed by atoms with E-state index in [2.05, 4.69) is 41.2 Å². The number of hydrogen-bond acceptors (Lipinski definition) is 5. The maximum absolute atomic E-state index is 12.4. The van der Waals surface area contributed by atoms with Crippen LogP contribution in [0.2, 0.25) is 0 Å². The van der Waals surface area contributed by atoms with Crippen LogP contribution in [0.3, 0.4) is 0 Å². The van der Waals surface area contributed by atoms with Crippen molar-refractivity contribution in [1.82, 2.24) is 20.4 Å². The highest BCUT2D eigenvalue weighted by molar-refractivity contribution is 5.94. The minimum atomic E-state index is -0.0819. The number of benzene rings is 2.